The Bertz CT molecular complexity index is 448. The number of halogens is 1. The zero-order valence-corrected chi connectivity index (χ0v) is 11.7. The van der Waals surface area contributed by atoms with Gasteiger partial charge in [0.1, 0.15) is 0 Å². The summed E-state index contributed by atoms with van der Waals surface area (Å²) in [6, 6.07) is 5.28. The summed E-state index contributed by atoms with van der Waals surface area (Å²) in [7, 11) is -0.940. The Morgan fingerprint density at radius 2 is 2.18 bits per heavy atom. The van der Waals surface area contributed by atoms with E-state index in [9.17, 15) is 9.00 Å². The van der Waals surface area contributed by atoms with Crippen LogP contribution in [-0.2, 0) is 10.8 Å². The van der Waals surface area contributed by atoms with Crippen LogP contribution in [0.5, 0.6) is 0 Å². The fraction of sp³-hybridized carbons (Fsp3) is 0.417. The predicted molar refractivity (Wildman–Crippen MR) is 72.1 cm³/mol. The molecule has 3 nitrogen and oxygen atoms in total. The summed E-state index contributed by atoms with van der Waals surface area (Å²) in [5.74, 6) is -0.229. The van der Waals surface area contributed by atoms with Crippen LogP contribution in [-0.4, -0.2) is 28.2 Å². The molecule has 5 heteroatoms. The first-order chi connectivity index (χ1) is 7.91. The van der Waals surface area contributed by atoms with Gasteiger partial charge in [0.25, 0.3) is 5.91 Å². The molecule has 0 aromatic heterocycles. The highest BCUT2D eigenvalue weighted by atomic mass is 35.5. The molecule has 94 valence electrons. The van der Waals surface area contributed by atoms with E-state index in [1.165, 1.54) is 0 Å². The monoisotopic (exact) mass is 273 g/mol. The molecule has 0 aliphatic rings. The van der Waals surface area contributed by atoms with Crippen molar-refractivity contribution >= 4 is 28.3 Å². The predicted octanol–water partition coefficient (Wildman–Crippen LogP) is 2.15. The second kappa shape index (κ2) is 6.17. The maximum absolute atomic E-state index is 11.8. The maximum atomic E-state index is 11.8. The van der Waals surface area contributed by atoms with Gasteiger partial charge >= 0.3 is 0 Å². The Labute approximate surface area is 109 Å². The van der Waals surface area contributed by atoms with E-state index >= 15 is 0 Å². The lowest BCUT2D eigenvalue weighted by atomic mass is 10.1. The summed E-state index contributed by atoms with van der Waals surface area (Å²) in [6.45, 7) is 4.12. The van der Waals surface area contributed by atoms with Gasteiger partial charge in [-0.05, 0) is 31.5 Å². The number of hydrogen-bond donors (Lipinski definition) is 1. The summed E-state index contributed by atoms with van der Waals surface area (Å²) in [5, 5.41) is 3.10. The first-order valence-corrected chi connectivity index (χ1v) is 7.28. The topological polar surface area (TPSA) is 46.2 Å². The number of carbonyl (C=O) groups is 1. The minimum absolute atomic E-state index is 0.0665. The van der Waals surface area contributed by atoms with Gasteiger partial charge in [-0.2, -0.15) is 0 Å². The highest BCUT2D eigenvalue weighted by molar-refractivity contribution is 7.84. The lowest BCUT2D eigenvalue weighted by Gasteiger charge is -2.11. The van der Waals surface area contributed by atoms with Gasteiger partial charge in [-0.3, -0.25) is 9.00 Å². The molecule has 0 aliphatic carbocycles. The summed E-state index contributed by atoms with van der Waals surface area (Å²) in [6.07, 6.45) is 1.62. The Hall–Kier alpha value is -0.870. The van der Waals surface area contributed by atoms with Gasteiger partial charge in [0.15, 0.2) is 0 Å². The average molecular weight is 274 g/mol. The zero-order valence-electron chi connectivity index (χ0n) is 10.1. The molecule has 0 fully saturated rings. The summed E-state index contributed by atoms with van der Waals surface area (Å²) in [5.41, 5.74) is 1.46. The van der Waals surface area contributed by atoms with E-state index in [4.69, 9.17) is 11.6 Å². The van der Waals surface area contributed by atoms with Gasteiger partial charge in [-0.1, -0.05) is 17.7 Å². The quantitative estimate of drug-likeness (QED) is 0.914. The number of rotatable bonds is 4. The van der Waals surface area contributed by atoms with Crippen molar-refractivity contribution in [3.05, 3.63) is 34.3 Å². The molecule has 0 unspecified atom stereocenters. The third-order valence-electron chi connectivity index (χ3n) is 2.49. The smallest absolute Gasteiger partial charge is 0.252 e. The standard InChI is InChI=1S/C12H16ClNO2S/c1-8-4-5-10(11(13)6-8)12(15)14-7-9(2)17(3)16/h4-6,9H,7H2,1-3H3,(H,14,15)/t9-,17+/m1/s1. The van der Waals surface area contributed by atoms with Crippen LogP contribution in [0.3, 0.4) is 0 Å². The molecule has 1 aromatic carbocycles. The number of hydrogen-bond acceptors (Lipinski definition) is 2. The van der Waals surface area contributed by atoms with E-state index in [1.807, 2.05) is 19.9 Å². The average Bonchev–Trinajstić information content (AvgIpc) is 2.25. The van der Waals surface area contributed by atoms with Crippen molar-refractivity contribution in [2.24, 2.45) is 0 Å². The van der Waals surface area contributed by atoms with E-state index in [-0.39, 0.29) is 11.2 Å². The summed E-state index contributed by atoms with van der Waals surface area (Å²) < 4.78 is 11.1. The Kier molecular flexibility index (Phi) is 5.15. The number of nitrogens with one attached hydrogen (secondary N) is 1. The van der Waals surface area contributed by atoms with E-state index in [1.54, 1.807) is 18.4 Å². The molecule has 1 N–H and O–H groups in total. The fourth-order valence-corrected chi connectivity index (χ4v) is 1.89. The molecular formula is C12H16ClNO2S. The Balaban J connectivity index is 2.67. The van der Waals surface area contributed by atoms with E-state index < -0.39 is 10.8 Å². The van der Waals surface area contributed by atoms with Crippen LogP contribution in [0.25, 0.3) is 0 Å². The third-order valence-corrected chi connectivity index (χ3v) is 4.10. The van der Waals surface area contributed by atoms with Gasteiger partial charge in [-0.15, -0.1) is 0 Å². The summed E-state index contributed by atoms with van der Waals surface area (Å²) >= 11 is 5.98. The molecule has 0 bridgehead atoms. The molecule has 2 atom stereocenters. The van der Waals surface area contributed by atoms with Crippen molar-refractivity contribution in [3.8, 4) is 0 Å². The lowest BCUT2D eigenvalue weighted by molar-refractivity contribution is 0.0954. The molecule has 17 heavy (non-hydrogen) atoms. The zero-order chi connectivity index (χ0) is 13.0. The van der Waals surface area contributed by atoms with Crippen LogP contribution in [0, 0.1) is 6.92 Å². The van der Waals surface area contributed by atoms with Crippen LogP contribution in [0.2, 0.25) is 5.02 Å². The Morgan fingerprint density at radius 1 is 1.53 bits per heavy atom. The molecule has 1 rings (SSSR count). The molecular weight excluding hydrogens is 258 g/mol. The minimum Gasteiger partial charge on any atom is -0.351 e. The number of amides is 1. The van der Waals surface area contributed by atoms with Gasteiger partial charge in [0, 0.05) is 28.9 Å². The molecule has 1 amide bonds. The van der Waals surface area contributed by atoms with Gasteiger partial charge in [0.2, 0.25) is 0 Å². The van der Waals surface area contributed by atoms with Crippen LogP contribution in [0.1, 0.15) is 22.8 Å². The molecule has 1 aromatic rings. The molecule has 0 saturated heterocycles. The first-order valence-electron chi connectivity index (χ1n) is 5.28. The molecule has 0 saturated carbocycles. The van der Waals surface area contributed by atoms with Crippen LogP contribution in [0.15, 0.2) is 18.2 Å². The van der Waals surface area contributed by atoms with Gasteiger partial charge in [0.05, 0.1) is 10.6 Å². The first kappa shape index (κ1) is 14.2. The van der Waals surface area contributed by atoms with E-state index in [0.717, 1.165) is 5.56 Å². The summed E-state index contributed by atoms with van der Waals surface area (Å²) in [4.78, 5) is 11.8. The van der Waals surface area contributed by atoms with Crippen molar-refractivity contribution in [3.63, 3.8) is 0 Å². The van der Waals surface area contributed by atoms with Gasteiger partial charge < -0.3 is 5.32 Å². The second-order valence-electron chi connectivity index (χ2n) is 4.00. The molecule has 0 spiro atoms. The van der Waals surface area contributed by atoms with Crippen LogP contribution < -0.4 is 5.32 Å². The molecule has 0 radical (unpaired) electrons. The highest BCUT2D eigenvalue weighted by Gasteiger charge is 2.12. The lowest BCUT2D eigenvalue weighted by Crippen LogP contribution is -2.32. The molecule has 0 aliphatic heterocycles. The van der Waals surface area contributed by atoms with E-state index in [0.29, 0.717) is 17.1 Å². The second-order valence-corrected chi connectivity index (χ2v) is 6.21. The minimum atomic E-state index is -0.940. The van der Waals surface area contributed by atoms with Crippen LogP contribution in [0.4, 0.5) is 0 Å². The number of benzene rings is 1. The third kappa shape index (κ3) is 4.13. The Morgan fingerprint density at radius 3 is 2.71 bits per heavy atom. The van der Waals surface area contributed by atoms with E-state index in [2.05, 4.69) is 5.32 Å². The van der Waals surface area contributed by atoms with Gasteiger partial charge in [-0.25, -0.2) is 0 Å². The van der Waals surface area contributed by atoms with Crippen molar-refractivity contribution in [2.45, 2.75) is 19.1 Å². The highest BCUT2D eigenvalue weighted by Crippen LogP contribution is 2.17. The normalized spacial score (nSPS) is 14.1. The SMILES string of the molecule is Cc1ccc(C(=O)NC[C@@H](C)[S@](C)=O)c(Cl)c1. The van der Waals surface area contributed by atoms with Crippen LogP contribution >= 0.6 is 11.6 Å². The number of aryl methyl sites for hydroxylation is 1. The largest absolute Gasteiger partial charge is 0.351 e. The van der Waals surface area contributed by atoms with Crippen molar-refractivity contribution in [1.82, 2.24) is 5.32 Å². The van der Waals surface area contributed by atoms with Crippen molar-refractivity contribution in [2.75, 3.05) is 12.8 Å². The maximum Gasteiger partial charge on any atom is 0.252 e. The van der Waals surface area contributed by atoms with Crippen molar-refractivity contribution < 1.29 is 9.00 Å². The van der Waals surface area contributed by atoms with Crippen molar-refractivity contribution in [1.29, 1.82) is 0 Å². The molecule has 0 heterocycles. The number of carbonyl (C=O) groups excluding carboxylic acids is 1. The fourth-order valence-electron chi connectivity index (χ4n) is 1.25.